The van der Waals surface area contributed by atoms with Gasteiger partial charge in [0.25, 0.3) is 5.91 Å². The molecular formula is C13H16N4O. The number of hydrogen-bond donors (Lipinski definition) is 0. The Morgan fingerprint density at radius 2 is 2.11 bits per heavy atom. The number of imidazole rings is 1. The van der Waals surface area contributed by atoms with Gasteiger partial charge in [-0.2, -0.15) is 0 Å². The van der Waals surface area contributed by atoms with Crippen molar-refractivity contribution in [1.29, 1.82) is 0 Å². The van der Waals surface area contributed by atoms with E-state index in [1.807, 2.05) is 26.1 Å². The van der Waals surface area contributed by atoms with Gasteiger partial charge < -0.3 is 4.90 Å². The summed E-state index contributed by atoms with van der Waals surface area (Å²) in [6, 6.07) is 3.61. The normalized spacial score (nSPS) is 10.3. The molecule has 18 heavy (non-hydrogen) atoms. The van der Waals surface area contributed by atoms with Crippen LogP contribution in [0.1, 0.15) is 24.2 Å². The van der Waals surface area contributed by atoms with Gasteiger partial charge in [-0.1, -0.05) is 0 Å². The molecule has 2 rings (SSSR count). The molecule has 0 aliphatic carbocycles. The van der Waals surface area contributed by atoms with Crippen LogP contribution < -0.4 is 0 Å². The molecule has 0 N–H and O–H groups in total. The van der Waals surface area contributed by atoms with E-state index in [1.54, 1.807) is 34.3 Å². The number of hydrogen-bond acceptors (Lipinski definition) is 3. The molecule has 0 bridgehead atoms. The summed E-state index contributed by atoms with van der Waals surface area (Å²) in [5, 5.41) is 0. The summed E-state index contributed by atoms with van der Waals surface area (Å²) in [5.74, 6) is 0.772. The van der Waals surface area contributed by atoms with Crippen LogP contribution >= 0.6 is 0 Å². The fraction of sp³-hybridized carbons (Fsp3) is 0.308. The Bertz CT molecular complexity index is 500. The summed E-state index contributed by atoms with van der Waals surface area (Å²) in [6.07, 6.45) is 6.79. The van der Waals surface area contributed by atoms with Crippen LogP contribution in [0.4, 0.5) is 0 Å². The quantitative estimate of drug-likeness (QED) is 0.823. The van der Waals surface area contributed by atoms with Crippen molar-refractivity contribution in [1.82, 2.24) is 19.4 Å². The number of amides is 1. The van der Waals surface area contributed by atoms with E-state index >= 15 is 0 Å². The molecule has 0 atom stereocenters. The fourth-order valence-corrected chi connectivity index (χ4v) is 1.75. The van der Waals surface area contributed by atoms with Crippen LogP contribution in [0.25, 0.3) is 5.82 Å². The predicted octanol–water partition coefficient (Wildman–Crippen LogP) is 1.75. The van der Waals surface area contributed by atoms with Crippen molar-refractivity contribution < 1.29 is 4.79 Å². The minimum Gasteiger partial charge on any atom is -0.339 e. The number of aromatic nitrogens is 3. The predicted molar refractivity (Wildman–Crippen MR) is 68.6 cm³/mol. The monoisotopic (exact) mass is 244 g/mol. The molecule has 0 aromatic carbocycles. The third kappa shape index (κ3) is 2.40. The molecule has 0 aliphatic rings. The van der Waals surface area contributed by atoms with Gasteiger partial charge in [0.1, 0.15) is 12.1 Å². The zero-order chi connectivity index (χ0) is 13.0. The van der Waals surface area contributed by atoms with Crippen LogP contribution in [0.15, 0.2) is 37.1 Å². The third-order valence-corrected chi connectivity index (χ3v) is 2.81. The smallest absolute Gasteiger partial charge is 0.255 e. The SMILES string of the molecule is CCN(CC)C(=O)c1ccc(-n2ccnc2)nc1. The number of carbonyl (C=O) groups is 1. The molecule has 2 heterocycles. The lowest BCUT2D eigenvalue weighted by Gasteiger charge is -2.18. The van der Waals surface area contributed by atoms with Gasteiger partial charge in [-0.25, -0.2) is 9.97 Å². The molecule has 0 saturated carbocycles. The van der Waals surface area contributed by atoms with E-state index in [-0.39, 0.29) is 5.91 Å². The molecule has 0 radical (unpaired) electrons. The van der Waals surface area contributed by atoms with Crippen molar-refractivity contribution >= 4 is 5.91 Å². The summed E-state index contributed by atoms with van der Waals surface area (Å²) < 4.78 is 1.80. The van der Waals surface area contributed by atoms with E-state index in [4.69, 9.17) is 0 Å². The van der Waals surface area contributed by atoms with Crippen LogP contribution in [0.5, 0.6) is 0 Å². The van der Waals surface area contributed by atoms with E-state index in [0.29, 0.717) is 18.7 Å². The summed E-state index contributed by atoms with van der Waals surface area (Å²) in [4.78, 5) is 22.1. The minimum atomic E-state index is 0.0182. The van der Waals surface area contributed by atoms with Crippen LogP contribution in [-0.2, 0) is 0 Å². The molecular weight excluding hydrogens is 228 g/mol. The molecule has 0 unspecified atom stereocenters. The maximum atomic E-state index is 12.1. The minimum absolute atomic E-state index is 0.0182. The fourth-order valence-electron chi connectivity index (χ4n) is 1.75. The largest absolute Gasteiger partial charge is 0.339 e. The first kappa shape index (κ1) is 12.3. The maximum Gasteiger partial charge on any atom is 0.255 e. The van der Waals surface area contributed by atoms with Gasteiger partial charge in [0.15, 0.2) is 0 Å². The number of nitrogens with zero attached hydrogens (tertiary/aromatic N) is 4. The molecule has 2 aromatic heterocycles. The molecule has 0 saturated heterocycles. The Balaban J connectivity index is 2.20. The molecule has 0 aliphatic heterocycles. The number of carbonyl (C=O) groups excluding carboxylic acids is 1. The lowest BCUT2D eigenvalue weighted by Crippen LogP contribution is -2.30. The second-order valence-electron chi connectivity index (χ2n) is 3.85. The topological polar surface area (TPSA) is 51.0 Å². The Morgan fingerprint density at radius 3 is 2.61 bits per heavy atom. The van der Waals surface area contributed by atoms with Crippen molar-refractivity contribution in [3.8, 4) is 5.82 Å². The molecule has 5 heteroatoms. The highest BCUT2D eigenvalue weighted by Crippen LogP contribution is 2.08. The van der Waals surface area contributed by atoms with Gasteiger partial charge >= 0.3 is 0 Å². The van der Waals surface area contributed by atoms with Crippen molar-refractivity contribution in [2.75, 3.05) is 13.1 Å². The summed E-state index contributed by atoms with van der Waals surface area (Å²) in [7, 11) is 0. The summed E-state index contributed by atoms with van der Waals surface area (Å²) in [5.41, 5.74) is 0.613. The van der Waals surface area contributed by atoms with Crippen molar-refractivity contribution in [2.24, 2.45) is 0 Å². The summed E-state index contributed by atoms with van der Waals surface area (Å²) in [6.45, 7) is 5.35. The second kappa shape index (κ2) is 5.44. The van der Waals surface area contributed by atoms with Crippen molar-refractivity contribution in [3.63, 3.8) is 0 Å². The zero-order valence-corrected chi connectivity index (χ0v) is 10.6. The highest BCUT2D eigenvalue weighted by molar-refractivity contribution is 5.93. The van der Waals surface area contributed by atoms with E-state index in [1.165, 1.54) is 0 Å². The second-order valence-corrected chi connectivity index (χ2v) is 3.85. The molecule has 94 valence electrons. The zero-order valence-electron chi connectivity index (χ0n) is 10.6. The number of pyridine rings is 1. The van der Waals surface area contributed by atoms with Crippen LogP contribution in [-0.4, -0.2) is 38.4 Å². The van der Waals surface area contributed by atoms with E-state index < -0.39 is 0 Å². The third-order valence-electron chi connectivity index (χ3n) is 2.81. The molecule has 2 aromatic rings. The van der Waals surface area contributed by atoms with Crippen LogP contribution in [0.3, 0.4) is 0 Å². The van der Waals surface area contributed by atoms with Crippen LogP contribution in [0, 0.1) is 0 Å². The Labute approximate surface area is 106 Å². The first-order valence-corrected chi connectivity index (χ1v) is 6.00. The van der Waals surface area contributed by atoms with E-state index in [0.717, 1.165) is 5.82 Å². The van der Waals surface area contributed by atoms with E-state index in [2.05, 4.69) is 9.97 Å². The Kier molecular flexibility index (Phi) is 3.72. The van der Waals surface area contributed by atoms with Gasteiger partial charge in [-0.05, 0) is 26.0 Å². The average Bonchev–Trinajstić information content (AvgIpc) is 2.94. The van der Waals surface area contributed by atoms with Crippen molar-refractivity contribution in [3.05, 3.63) is 42.6 Å². The molecule has 5 nitrogen and oxygen atoms in total. The molecule has 0 spiro atoms. The standard InChI is InChI=1S/C13H16N4O/c1-3-16(4-2)13(18)11-5-6-12(15-9-11)17-8-7-14-10-17/h5-10H,3-4H2,1-2H3. The van der Waals surface area contributed by atoms with Crippen molar-refractivity contribution in [2.45, 2.75) is 13.8 Å². The first-order valence-electron chi connectivity index (χ1n) is 6.00. The number of rotatable bonds is 4. The van der Waals surface area contributed by atoms with Gasteiger partial charge in [0.2, 0.25) is 0 Å². The highest BCUT2D eigenvalue weighted by Gasteiger charge is 2.12. The molecule has 1 amide bonds. The summed E-state index contributed by atoms with van der Waals surface area (Å²) >= 11 is 0. The van der Waals surface area contributed by atoms with Gasteiger partial charge in [0, 0.05) is 31.7 Å². The lowest BCUT2D eigenvalue weighted by atomic mass is 10.2. The van der Waals surface area contributed by atoms with Gasteiger partial charge in [0.05, 0.1) is 5.56 Å². The lowest BCUT2D eigenvalue weighted by molar-refractivity contribution is 0.0772. The maximum absolute atomic E-state index is 12.1. The molecule has 0 fully saturated rings. The van der Waals surface area contributed by atoms with Gasteiger partial charge in [-0.15, -0.1) is 0 Å². The Hall–Kier alpha value is -2.17. The van der Waals surface area contributed by atoms with E-state index in [9.17, 15) is 4.79 Å². The average molecular weight is 244 g/mol. The Morgan fingerprint density at radius 1 is 1.33 bits per heavy atom. The highest BCUT2D eigenvalue weighted by atomic mass is 16.2. The first-order chi connectivity index (χ1) is 8.76. The van der Waals surface area contributed by atoms with Gasteiger partial charge in [-0.3, -0.25) is 9.36 Å². The van der Waals surface area contributed by atoms with Crippen LogP contribution in [0.2, 0.25) is 0 Å².